The number of hydrogen-bond acceptors (Lipinski definition) is 3. The van der Waals surface area contributed by atoms with E-state index in [2.05, 4.69) is 0 Å². The second-order valence-electron chi connectivity index (χ2n) is 4.13. The maximum Gasteiger partial charge on any atom is 0.410 e. The van der Waals surface area contributed by atoms with E-state index in [0.717, 1.165) is 6.42 Å². The molecule has 0 radical (unpaired) electrons. The van der Waals surface area contributed by atoms with Gasteiger partial charge in [0.25, 0.3) is 0 Å². The van der Waals surface area contributed by atoms with Gasteiger partial charge in [-0.15, -0.1) is 0 Å². The first kappa shape index (κ1) is 14.2. The molecule has 18 heavy (non-hydrogen) atoms. The molecule has 1 aromatic rings. The van der Waals surface area contributed by atoms with Gasteiger partial charge in [0.1, 0.15) is 0 Å². The Hall–Kier alpha value is -1.84. The summed E-state index contributed by atoms with van der Waals surface area (Å²) in [5.74, 6) is -0.0912. The molecular weight excluding hydrogens is 230 g/mol. The van der Waals surface area contributed by atoms with Crippen molar-refractivity contribution < 1.29 is 14.3 Å². The van der Waals surface area contributed by atoms with E-state index in [4.69, 9.17) is 4.74 Å². The summed E-state index contributed by atoms with van der Waals surface area (Å²) in [4.78, 5) is 25.1. The van der Waals surface area contributed by atoms with Crippen molar-refractivity contribution in [1.82, 2.24) is 4.90 Å². The van der Waals surface area contributed by atoms with Crippen LogP contribution in [0.4, 0.5) is 4.79 Å². The molecule has 0 aliphatic rings. The fraction of sp³-hybridized carbons (Fsp3) is 0.429. The molecule has 0 aromatic heterocycles. The second kappa shape index (κ2) is 6.79. The average molecular weight is 249 g/mol. The lowest BCUT2D eigenvalue weighted by molar-refractivity contribution is 0.0763. The first-order valence-electron chi connectivity index (χ1n) is 6.06. The topological polar surface area (TPSA) is 46.6 Å². The second-order valence-corrected chi connectivity index (χ2v) is 4.13. The Morgan fingerprint density at radius 1 is 1.28 bits per heavy atom. The van der Waals surface area contributed by atoms with Crippen LogP contribution in [0, 0.1) is 0 Å². The summed E-state index contributed by atoms with van der Waals surface area (Å²) in [7, 11) is 1.57. The molecule has 1 atom stereocenters. The number of ether oxygens (including phenoxy) is 1. The van der Waals surface area contributed by atoms with E-state index in [1.807, 2.05) is 13.0 Å². The highest BCUT2D eigenvalue weighted by Gasteiger charge is 2.24. The minimum atomic E-state index is -0.531. The highest BCUT2D eigenvalue weighted by atomic mass is 16.6. The highest BCUT2D eigenvalue weighted by molar-refractivity contribution is 6.01. The van der Waals surface area contributed by atoms with Crippen LogP contribution in [-0.4, -0.2) is 36.5 Å². The van der Waals surface area contributed by atoms with Crippen molar-refractivity contribution in [2.24, 2.45) is 0 Å². The summed E-state index contributed by atoms with van der Waals surface area (Å²) in [6, 6.07) is 8.40. The Kier molecular flexibility index (Phi) is 5.36. The Labute approximate surface area is 108 Å². The molecule has 0 fully saturated rings. The monoisotopic (exact) mass is 249 g/mol. The van der Waals surface area contributed by atoms with Crippen LogP contribution < -0.4 is 0 Å². The standard InChI is InChI=1S/C14H19NO3/c1-4-10-18-14(17)15(3)11(2)13(16)12-8-6-5-7-9-12/h5-9,11H,4,10H2,1-3H3. The number of Topliss-reactive ketones (excluding diaryl/α,β-unsaturated/α-hetero) is 1. The molecule has 0 spiro atoms. The van der Waals surface area contributed by atoms with E-state index in [-0.39, 0.29) is 5.78 Å². The number of nitrogens with zero attached hydrogens (tertiary/aromatic N) is 1. The number of rotatable bonds is 5. The van der Waals surface area contributed by atoms with E-state index in [0.29, 0.717) is 12.2 Å². The molecule has 0 saturated heterocycles. The normalized spacial score (nSPS) is 11.7. The molecule has 1 unspecified atom stereocenters. The minimum absolute atomic E-state index is 0.0912. The van der Waals surface area contributed by atoms with Crippen LogP contribution in [0.3, 0.4) is 0 Å². The van der Waals surface area contributed by atoms with Gasteiger partial charge in [0.2, 0.25) is 0 Å². The fourth-order valence-electron chi connectivity index (χ4n) is 1.47. The number of amides is 1. The van der Waals surface area contributed by atoms with E-state index in [1.165, 1.54) is 4.90 Å². The summed E-state index contributed by atoms with van der Waals surface area (Å²) in [6.45, 7) is 3.99. The van der Waals surface area contributed by atoms with Crippen molar-refractivity contribution in [2.75, 3.05) is 13.7 Å². The van der Waals surface area contributed by atoms with Gasteiger partial charge in [0.05, 0.1) is 12.6 Å². The van der Waals surface area contributed by atoms with Gasteiger partial charge in [-0.2, -0.15) is 0 Å². The Morgan fingerprint density at radius 3 is 2.44 bits per heavy atom. The van der Waals surface area contributed by atoms with Gasteiger partial charge in [-0.25, -0.2) is 4.79 Å². The lowest BCUT2D eigenvalue weighted by Crippen LogP contribution is -2.40. The molecular formula is C14H19NO3. The predicted molar refractivity (Wildman–Crippen MR) is 69.6 cm³/mol. The Balaban J connectivity index is 2.66. The lowest BCUT2D eigenvalue weighted by atomic mass is 10.1. The zero-order chi connectivity index (χ0) is 13.5. The van der Waals surface area contributed by atoms with Crippen molar-refractivity contribution in [3.05, 3.63) is 35.9 Å². The van der Waals surface area contributed by atoms with Crippen LogP contribution in [0.5, 0.6) is 0 Å². The first-order chi connectivity index (χ1) is 8.57. The van der Waals surface area contributed by atoms with Gasteiger partial charge < -0.3 is 9.64 Å². The van der Waals surface area contributed by atoms with E-state index in [1.54, 1.807) is 38.2 Å². The zero-order valence-electron chi connectivity index (χ0n) is 11.1. The van der Waals surface area contributed by atoms with Crippen LogP contribution in [0.2, 0.25) is 0 Å². The number of carbonyl (C=O) groups excluding carboxylic acids is 2. The van der Waals surface area contributed by atoms with Gasteiger partial charge in [0, 0.05) is 12.6 Å². The molecule has 98 valence electrons. The number of likely N-dealkylation sites (N-methyl/N-ethyl adjacent to an activating group) is 1. The summed E-state index contributed by atoms with van der Waals surface area (Å²) in [6.07, 6.45) is 0.300. The van der Waals surface area contributed by atoms with Gasteiger partial charge in [0.15, 0.2) is 5.78 Å². The molecule has 4 heteroatoms. The molecule has 1 aromatic carbocycles. The smallest absolute Gasteiger partial charge is 0.410 e. The van der Waals surface area contributed by atoms with Crippen molar-refractivity contribution in [1.29, 1.82) is 0 Å². The van der Waals surface area contributed by atoms with Gasteiger partial charge in [-0.1, -0.05) is 37.3 Å². The average Bonchev–Trinajstić information content (AvgIpc) is 2.43. The lowest BCUT2D eigenvalue weighted by Gasteiger charge is -2.23. The van der Waals surface area contributed by atoms with Gasteiger partial charge in [-0.05, 0) is 13.3 Å². The number of hydrogen-bond donors (Lipinski definition) is 0. The maximum absolute atomic E-state index is 12.1. The maximum atomic E-state index is 12.1. The molecule has 0 aliphatic heterocycles. The summed E-state index contributed by atoms with van der Waals surface area (Å²) in [5.41, 5.74) is 0.597. The Morgan fingerprint density at radius 2 is 1.89 bits per heavy atom. The van der Waals surface area contributed by atoms with Gasteiger partial charge in [-0.3, -0.25) is 4.79 Å². The quantitative estimate of drug-likeness (QED) is 0.754. The molecule has 0 heterocycles. The molecule has 0 bridgehead atoms. The zero-order valence-corrected chi connectivity index (χ0v) is 11.1. The summed E-state index contributed by atoms with van der Waals surface area (Å²) in [5, 5.41) is 0. The highest BCUT2D eigenvalue weighted by Crippen LogP contribution is 2.08. The van der Waals surface area contributed by atoms with Crippen LogP contribution in [-0.2, 0) is 4.74 Å². The number of ketones is 1. The molecule has 0 N–H and O–H groups in total. The van der Waals surface area contributed by atoms with E-state index < -0.39 is 12.1 Å². The van der Waals surface area contributed by atoms with Gasteiger partial charge >= 0.3 is 6.09 Å². The third kappa shape index (κ3) is 3.58. The van der Waals surface area contributed by atoms with E-state index in [9.17, 15) is 9.59 Å². The van der Waals surface area contributed by atoms with Crippen LogP contribution in [0.1, 0.15) is 30.6 Å². The van der Waals surface area contributed by atoms with Crippen molar-refractivity contribution in [3.63, 3.8) is 0 Å². The SMILES string of the molecule is CCCOC(=O)N(C)C(C)C(=O)c1ccccc1. The molecule has 0 saturated carbocycles. The van der Waals surface area contributed by atoms with Crippen LogP contribution >= 0.6 is 0 Å². The summed E-state index contributed by atoms with van der Waals surface area (Å²) >= 11 is 0. The Bertz CT molecular complexity index is 403. The van der Waals surface area contributed by atoms with Crippen LogP contribution in [0.15, 0.2) is 30.3 Å². The molecule has 1 rings (SSSR count). The third-order valence-electron chi connectivity index (χ3n) is 2.74. The third-order valence-corrected chi connectivity index (χ3v) is 2.74. The van der Waals surface area contributed by atoms with Crippen LogP contribution in [0.25, 0.3) is 0 Å². The minimum Gasteiger partial charge on any atom is -0.449 e. The first-order valence-corrected chi connectivity index (χ1v) is 6.06. The largest absolute Gasteiger partial charge is 0.449 e. The van der Waals surface area contributed by atoms with Crippen molar-refractivity contribution in [3.8, 4) is 0 Å². The molecule has 1 amide bonds. The number of carbonyl (C=O) groups is 2. The number of benzene rings is 1. The summed E-state index contributed by atoms with van der Waals surface area (Å²) < 4.78 is 4.99. The van der Waals surface area contributed by atoms with Crippen molar-refractivity contribution in [2.45, 2.75) is 26.3 Å². The van der Waals surface area contributed by atoms with Crippen molar-refractivity contribution >= 4 is 11.9 Å². The predicted octanol–water partition coefficient (Wildman–Crippen LogP) is 2.74. The fourth-order valence-corrected chi connectivity index (χ4v) is 1.47. The molecule has 4 nitrogen and oxygen atoms in total. The molecule has 0 aliphatic carbocycles. The van der Waals surface area contributed by atoms with E-state index >= 15 is 0 Å².